The minimum absolute atomic E-state index is 0.00744. The molecular formula is C51H80N6O12. The second kappa shape index (κ2) is 29.3. The van der Waals surface area contributed by atoms with Gasteiger partial charge in [0.15, 0.2) is 6.10 Å². The van der Waals surface area contributed by atoms with E-state index < -0.39 is 108 Å². The van der Waals surface area contributed by atoms with Crippen LogP contribution in [0, 0.1) is 17.8 Å². The van der Waals surface area contributed by atoms with Gasteiger partial charge in [-0.1, -0.05) is 96.4 Å². The maximum absolute atomic E-state index is 14.3. The molecular weight excluding hydrogens is 889 g/mol. The van der Waals surface area contributed by atoms with E-state index in [4.69, 9.17) is 9.47 Å². The smallest absolute Gasteiger partial charge is 0.407 e. The van der Waals surface area contributed by atoms with Crippen molar-refractivity contribution in [1.29, 1.82) is 0 Å². The molecule has 2 rings (SSSR count). The lowest BCUT2D eigenvalue weighted by Crippen LogP contribution is -2.57. The predicted molar refractivity (Wildman–Crippen MR) is 261 cm³/mol. The lowest BCUT2D eigenvalue weighted by Gasteiger charge is -2.38. The average molecular weight is 969 g/mol. The van der Waals surface area contributed by atoms with Gasteiger partial charge in [-0.3, -0.25) is 24.0 Å². The van der Waals surface area contributed by atoms with Crippen LogP contribution >= 0.6 is 0 Å². The fourth-order valence-electron chi connectivity index (χ4n) is 8.11. The van der Waals surface area contributed by atoms with Gasteiger partial charge in [0.2, 0.25) is 23.6 Å². The third kappa shape index (κ3) is 18.6. The maximum atomic E-state index is 14.3. The van der Waals surface area contributed by atoms with Gasteiger partial charge >= 0.3 is 18.0 Å². The van der Waals surface area contributed by atoms with Crippen LogP contribution in [-0.4, -0.2) is 149 Å². The molecule has 69 heavy (non-hydrogen) atoms. The number of unbranched alkanes of at least 4 members (excludes halogenated alkanes) is 3. The second-order valence-electron chi connectivity index (χ2n) is 18.8. The van der Waals surface area contributed by atoms with E-state index in [0.717, 1.165) is 10.5 Å². The molecule has 0 unspecified atom stereocenters. The number of nitrogens with one attached hydrogen (secondary N) is 3. The van der Waals surface area contributed by atoms with Gasteiger partial charge in [0.25, 0.3) is 5.91 Å². The van der Waals surface area contributed by atoms with Crippen molar-refractivity contribution in [3.05, 3.63) is 59.2 Å². The summed E-state index contributed by atoms with van der Waals surface area (Å²) < 4.78 is 11.9. The van der Waals surface area contributed by atoms with Crippen molar-refractivity contribution in [3.8, 4) is 0 Å². The number of aliphatic hydroxyl groups excluding tert-OH is 1. The molecule has 0 radical (unpaired) electrons. The largest absolute Gasteiger partial charge is 0.465 e. The van der Waals surface area contributed by atoms with Crippen molar-refractivity contribution >= 4 is 47.6 Å². The Bertz CT molecular complexity index is 1960. The number of allylic oxidation sites excluding steroid dienone is 1. The van der Waals surface area contributed by atoms with Gasteiger partial charge in [0, 0.05) is 51.2 Å². The fraction of sp³-hybridized carbons (Fsp3) is 0.647. The molecule has 1 aliphatic rings. The molecule has 0 bridgehead atoms. The van der Waals surface area contributed by atoms with E-state index in [1.54, 1.807) is 64.1 Å². The average Bonchev–Trinajstić information content (AvgIpc) is 3.31. The van der Waals surface area contributed by atoms with Crippen molar-refractivity contribution < 1.29 is 58.0 Å². The Morgan fingerprint density at radius 1 is 0.884 bits per heavy atom. The Morgan fingerprint density at radius 2 is 1.51 bits per heavy atom. The first-order chi connectivity index (χ1) is 32.5. The van der Waals surface area contributed by atoms with Gasteiger partial charge in [-0.25, -0.2) is 14.4 Å². The number of ether oxygens (including phenoxy) is 2. The summed E-state index contributed by atoms with van der Waals surface area (Å²) >= 11 is 0. The number of hydrogen-bond donors (Lipinski definition) is 5. The Hall–Kier alpha value is -5.78. The zero-order chi connectivity index (χ0) is 52.1. The Kier molecular flexibility index (Phi) is 25.2. The van der Waals surface area contributed by atoms with Crippen LogP contribution in [0.15, 0.2) is 53.6 Å². The van der Waals surface area contributed by atoms with Crippen LogP contribution in [0.2, 0.25) is 0 Å². The van der Waals surface area contributed by atoms with E-state index >= 15 is 0 Å². The number of rotatable bonds is 14. The van der Waals surface area contributed by atoms with Crippen LogP contribution in [0.4, 0.5) is 4.79 Å². The molecule has 0 aromatic heterocycles. The van der Waals surface area contributed by atoms with Crippen molar-refractivity contribution in [1.82, 2.24) is 30.7 Å². The van der Waals surface area contributed by atoms with Gasteiger partial charge in [-0.05, 0) is 83.3 Å². The number of likely N-dealkylation sites (N-methyl/N-ethyl adjacent to an activating group) is 2. The van der Waals surface area contributed by atoms with E-state index in [-0.39, 0.29) is 43.9 Å². The first-order valence-electron chi connectivity index (χ1n) is 24.3. The highest BCUT2D eigenvalue weighted by Crippen LogP contribution is 2.28. The molecule has 0 aliphatic carbocycles. The molecule has 1 aromatic carbocycles. The Balaban J connectivity index is 2.78. The predicted octanol–water partition coefficient (Wildman–Crippen LogP) is 4.78. The second-order valence-corrected chi connectivity index (χ2v) is 18.8. The third-order valence-corrected chi connectivity index (χ3v) is 12.8. The molecule has 386 valence electrons. The maximum Gasteiger partial charge on any atom is 0.407 e. The summed E-state index contributed by atoms with van der Waals surface area (Å²) in [6.45, 7) is 16.5. The third-order valence-electron chi connectivity index (χ3n) is 12.8. The highest BCUT2D eigenvalue weighted by Gasteiger charge is 2.39. The zero-order valence-electron chi connectivity index (χ0n) is 42.9. The Morgan fingerprint density at radius 3 is 2.09 bits per heavy atom. The molecule has 18 heteroatoms. The highest BCUT2D eigenvalue weighted by molar-refractivity contribution is 5.96. The number of benzene rings is 1. The molecule has 1 aliphatic heterocycles. The summed E-state index contributed by atoms with van der Waals surface area (Å²) in [7, 11) is 2.83. The number of carbonyl (C=O) groups is 8. The summed E-state index contributed by atoms with van der Waals surface area (Å²) in [6, 6.07) is 3.38. The summed E-state index contributed by atoms with van der Waals surface area (Å²) in [4.78, 5) is 114. The molecule has 6 amide bonds. The number of cyclic esters (lactones) is 2. The number of carboxylic acid groups (broad SMARTS) is 1. The lowest BCUT2D eigenvalue weighted by molar-refractivity contribution is -0.154. The summed E-state index contributed by atoms with van der Waals surface area (Å²) in [5.41, 5.74) is 1.39. The highest BCUT2D eigenvalue weighted by atomic mass is 16.6. The van der Waals surface area contributed by atoms with Crippen LogP contribution in [-0.2, 0) is 49.5 Å². The molecule has 0 saturated carbocycles. The number of hydrogen-bond acceptors (Lipinski definition) is 11. The van der Waals surface area contributed by atoms with E-state index in [1.807, 2.05) is 20.8 Å². The van der Waals surface area contributed by atoms with Crippen molar-refractivity contribution in [2.75, 3.05) is 33.8 Å². The van der Waals surface area contributed by atoms with Crippen molar-refractivity contribution in [3.63, 3.8) is 0 Å². The summed E-state index contributed by atoms with van der Waals surface area (Å²) in [5.74, 6) is -6.27. The topological polar surface area (TPSA) is 241 Å². The van der Waals surface area contributed by atoms with Crippen molar-refractivity contribution in [2.24, 2.45) is 17.8 Å². The number of amides is 6. The van der Waals surface area contributed by atoms with Gasteiger partial charge in [-0.2, -0.15) is 0 Å². The summed E-state index contributed by atoms with van der Waals surface area (Å²) in [5, 5.41) is 28.0. The van der Waals surface area contributed by atoms with Gasteiger partial charge in [-0.15, -0.1) is 0 Å². The standard InChI is InChI=1S/C51H80N6O12/c1-13-32(5)43-46(61)53-37(10)50(65)69-44(33(6)14-2)35(8)39(57(51(66)67)26-20-15-16-21-27-58)25-24-34(7)49(64)68-41(28-31(3)4)45(60)52-36(9)47(62)56(12)40(29-38-22-18-17-19-23-38)48(63)55(11)30-42(59)54-43/h14,17-19,22-24,31-32,35-37,39-41,43-44,58H,13,15-16,20-21,25-30H2,1-12H3,(H,52,60)(H,53,61)(H,54,59)(H,66,67)/b33-14+,34-24+/t32-,35+,36+,37-,39+,40-,41-,43+,44-/m1/s1. The van der Waals surface area contributed by atoms with Gasteiger partial charge < -0.3 is 50.3 Å². The first kappa shape index (κ1) is 59.3. The zero-order valence-corrected chi connectivity index (χ0v) is 42.9. The van der Waals surface area contributed by atoms with Crippen LogP contribution < -0.4 is 16.0 Å². The molecule has 1 aromatic rings. The normalized spacial score (nSPS) is 26.3. The number of carbonyl (C=O) groups excluding carboxylic acids is 7. The van der Waals surface area contributed by atoms with Crippen LogP contribution in [0.1, 0.15) is 120 Å². The molecule has 5 N–H and O–H groups in total. The fourth-order valence-corrected chi connectivity index (χ4v) is 8.11. The summed E-state index contributed by atoms with van der Waals surface area (Å²) in [6.07, 6.45) is 2.60. The van der Waals surface area contributed by atoms with E-state index in [9.17, 15) is 48.6 Å². The van der Waals surface area contributed by atoms with Crippen molar-refractivity contribution in [2.45, 2.75) is 163 Å². The monoisotopic (exact) mass is 969 g/mol. The number of aliphatic hydroxyl groups is 1. The number of esters is 2. The van der Waals surface area contributed by atoms with Gasteiger partial charge in [0.1, 0.15) is 30.3 Å². The van der Waals surface area contributed by atoms with E-state index in [1.165, 1.54) is 50.7 Å². The van der Waals surface area contributed by atoms with E-state index in [2.05, 4.69) is 16.0 Å². The minimum Gasteiger partial charge on any atom is -0.465 e. The molecule has 0 spiro atoms. The van der Waals surface area contributed by atoms with Crippen LogP contribution in [0.3, 0.4) is 0 Å². The lowest BCUT2D eigenvalue weighted by atomic mass is 9.87. The molecule has 9 atom stereocenters. The quantitative estimate of drug-likeness (QED) is 0.0962. The minimum atomic E-state index is -1.33. The molecule has 18 nitrogen and oxygen atoms in total. The molecule has 0 saturated heterocycles. The molecule has 0 fully saturated rings. The van der Waals surface area contributed by atoms with Gasteiger partial charge in [0.05, 0.1) is 6.54 Å². The Labute approximate surface area is 409 Å². The number of nitrogens with zero attached hydrogens (tertiary/aromatic N) is 3. The SMILES string of the molecule is C/C=C(\C)[C@H]1OC(=O)[C@@H](C)NC(=O)[C@H]([C@H](C)CC)NC(=O)CN(C)C(=O)[C@@H](Cc2ccccc2)N(C)C(=O)[C@H](C)NC(=O)[C@@H](CC(C)C)OC(=O)/C(C)=C/C[C@H](N(CCCCCCO)C(=O)O)[C@@H]1C. The van der Waals surface area contributed by atoms with Crippen LogP contribution in [0.25, 0.3) is 0 Å². The molecule has 1 heterocycles. The first-order valence-corrected chi connectivity index (χ1v) is 24.3. The van der Waals surface area contributed by atoms with E-state index in [0.29, 0.717) is 37.7 Å². The van der Waals surface area contributed by atoms with Crippen LogP contribution in [0.5, 0.6) is 0 Å².